The molecule has 1 aromatic carbocycles. The van der Waals surface area contributed by atoms with Gasteiger partial charge in [0.05, 0.1) is 30.9 Å². The van der Waals surface area contributed by atoms with Gasteiger partial charge in [-0.15, -0.1) is 0 Å². The smallest absolute Gasteiger partial charge is 0.324 e. The quantitative estimate of drug-likeness (QED) is 0.428. The molecule has 3 aromatic rings. The lowest BCUT2D eigenvalue weighted by Gasteiger charge is -2.35. The second-order valence-corrected chi connectivity index (χ2v) is 11.6. The van der Waals surface area contributed by atoms with Crippen molar-refractivity contribution in [3.8, 4) is 16.9 Å². The molecule has 2 amide bonds. The first kappa shape index (κ1) is 26.0. The van der Waals surface area contributed by atoms with E-state index in [0.29, 0.717) is 61.5 Å². The molecule has 1 aliphatic heterocycles. The van der Waals surface area contributed by atoms with E-state index in [1.54, 1.807) is 25.1 Å². The summed E-state index contributed by atoms with van der Waals surface area (Å²) in [5, 5.41) is 17.6. The number of nitrogens with zero attached hydrogens (tertiary/aromatic N) is 4. The highest BCUT2D eigenvalue weighted by atomic mass is 16.6. The van der Waals surface area contributed by atoms with Crippen molar-refractivity contribution in [2.75, 3.05) is 25.5 Å². The molecule has 1 aliphatic carbocycles. The largest absolute Gasteiger partial charge is 0.494 e. The highest BCUT2D eigenvalue weighted by Gasteiger charge is 2.38. The molecule has 2 aromatic heterocycles. The van der Waals surface area contributed by atoms with Crippen molar-refractivity contribution < 1.29 is 24.2 Å². The molecule has 38 heavy (non-hydrogen) atoms. The van der Waals surface area contributed by atoms with Crippen molar-refractivity contribution in [2.45, 2.75) is 70.6 Å². The van der Waals surface area contributed by atoms with Crippen LogP contribution in [-0.2, 0) is 9.53 Å². The molecule has 3 heterocycles. The number of aromatic amines is 1. The number of imidazole rings is 1. The number of aliphatic hydroxyl groups is 1. The third-order valence-corrected chi connectivity index (χ3v) is 7.32. The number of benzene rings is 1. The van der Waals surface area contributed by atoms with Gasteiger partial charge in [-0.25, -0.2) is 9.78 Å². The number of anilines is 1. The zero-order chi connectivity index (χ0) is 27.2. The van der Waals surface area contributed by atoms with E-state index < -0.39 is 11.2 Å². The van der Waals surface area contributed by atoms with Crippen LogP contribution in [0.3, 0.4) is 0 Å². The molecule has 3 N–H and O–H groups in total. The fourth-order valence-electron chi connectivity index (χ4n) is 4.96. The van der Waals surface area contributed by atoms with E-state index in [1.165, 1.54) is 0 Å². The lowest BCUT2D eigenvalue weighted by atomic mass is 9.80. The van der Waals surface area contributed by atoms with Crippen molar-refractivity contribution in [3.63, 3.8) is 0 Å². The Labute approximate surface area is 221 Å². The maximum atomic E-state index is 12.8. The molecule has 1 saturated carbocycles. The molecule has 0 spiro atoms. The summed E-state index contributed by atoms with van der Waals surface area (Å²) in [7, 11) is 1.59. The summed E-state index contributed by atoms with van der Waals surface area (Å²) in [6.07, 6.45) is 6.19. The van der Waals surface area contributed by atoms with Crippen LogP contribution in [0.4, 0.5) is 10.7 Å². The highest BCUT2D eigenvalue weighted by Crippen LogP contribution is 2.40. The topological polar surface area (TPSA) is 135 Å². The number of likely N-dealkylation sites (tertiary alicyclic amines) is 1. The number of ether oxygens (including phenoxy) is 2. The number of carbonyl (C=O) groups excluding carboxylic acids is 2. The number of aromatic nitrogens is 4. The zero-order valence-corrected chi connectivity index (χ0v) is 22.6. The summed E-state index contributed by atoms with van der Waals surface area (Å²) < 4.78 is 12.9. The molecule has 11 heteroatoms. The van der Waals surface area contributed by atoms with Crippen molar-refractivity contribution in [1.29, 1.82) is 0 Å². The van der Waals surface area contributed by atoms with Crippen LogP contribution in [0.1, 0.15) is 59.4 Å². The summed E-state index contributed by atoms with van der Waals surface area (Å²) >= 11 is 0. The van der Waals surface area contributed by atoms with Crippen molar-refractivity contribution >= 4 is 29.0 Å². The lowest BCUT2D eigenvalue weighted by Crippen LogP contribution is -2.46. The number of hydrogen-bond acceptors (Lipinski definition) is 7. The van der Waals surface area contributed by atoms with Crippen LogP contribution in [0.2, 0.25) is 0 Å². The van der Waals surface area contributed by atoms with Crippen LogP contribution in [0.25, 0.3) is 22.2 Å². The Balaban J connectivity index is 1.32. The van der Waals surface area contributed by atoms with E-state index in [4.69, 9.17) is 9.47 Å². The lowest BCUT2D eigenvalue weighted by molar-refractivity contribution is -0.164. The Morgan fingerprint density at radius 2 is 1.92 bits per heavy atom. The third kappa shape index (κ3) is 5.33. The number of rotatable bonds is 5. The van der Waals surface area contributed by atoms with Crippen LogP contribution in [0.5, 0.6) is 5.75 Å². The standard InChI is InChI=1S/C27H36N6O5/c1-26(2,3)38-23(34)16-12-18(13-16)33-15-17(14-28-33)19-6-7-20(37-5)22-21(19)29-24(30-22)31-25(35)32-10-8-27(4,36)9-11-32/h6-7,14-16,18,36H,8-13H2,1-5H3,(H2,29,30,31,35). The average Bonchev–Trinajstić information content (AvgIpc) is 3.43. The van der Waals surface area contributed by atoms with Gasteiger partial charge in [-0.1, -0.05) is 0 Å². The maximum Gasteiger partial charge on any atom is 0.324 e. The van der Waals surface area contributed by atoms with Gasteiger partial charge in [-0.2, -0.15) is 5.10 Å². The van der Waals surface area contributed by atoms with Gasteiger partial charge in [-0.05, 0) is 65.5 Å². The van der Waals surface area contributed by atoms with E-state index in [2.05, 4.69) is 20.4 Å². The molecule has 0 radical (unpaired) electrons. The number of nitrogens with one attached hydrogen (secondary N) is 2. The first-order valence-electron chi connectivity index (χ1n) is 13.0. The number of piperidine rings is 1. The summed E-state index contributed by atoms with van der Waals surface area (Å²) in [4.78, 5) is 34.7. The number of amides is 2. The van der Waals surface area contributed by atoms with Gasteiger partial charge in [0.2, 0.25) is 5.95 Å². The molecular formula is C27H36N6O5. The second kappa shape index (κ2) is 9.61. The van der Waals surface area contributed by atoms with Gasteiger partial charge < -0.3 is 24.5 Å². The average molecular weight is 525 g/mol. The SMILES string of the molecule is COc1ccc(-c2cnn(C3CC(C(=O)OC(C)(C)C)C3)c2)c2nc(NC(=O)N3CCC(C)(O)CC3)[nH]c12. The van der Waals surface area contributed by atoms with Gasteiger partial charge in [0.1, 0.15) is 22.4 Å². The molecule has 0 bridgehead atoms. The first-order valence-corrected chi connectivity index (χ1v) is 13.0. The Hall–Kier alpha value is -3.60. The maximum absolute atomic E-state index is 12.8. The summed E-state index contributed by atoms with van der Waals surface area (Å²) in [6, 6.07) is 3.64. The normalized spacial score (nSPS) is 21.2. The molecule has 5 rings (SSSR count). The monoisotopic (exact) mass is 524 g/mol. The van der Waals surface area contributed by atoms with Crippen LogP contribution < -0.4 is 10.1 Å². The van der Waals surface area contributed by atoms with Crippen molar-refractivity contribution in [2.24, 2.45) is 5.92 Å². The van der Waals surface area contributed by atoms with Crippen LogP contribution in [-0.4, -0.2) is 73.2 Å². The number of hydrogen-bond donors (Lipinski definition) is 3. The van der Waals surface area contributed by atoms with Gasteiger partial charge in [-0.3, -0.25) is 14.8 Å². The van der Waals surface area contributed by atoms with E-state index >= 15 is 0 Å². The number of esters is 1. The second-order valence-electron chi connectivity index (χ2n) is 11.6. The highest BCUT2D eigenvalue weighted by molar-refractivity contribution is 5.98. The minimum absolute atomic E-state index is 0.108. The Morgan fingerprint density at radius 3 is 2.58 bits per heavy atom. The van der Waals surface area contributed by atoms with Gasteiger partial charge in [0, 0.05) is 30.4 Å². The first-order chi connectivity index (χ1) is 17.9. The van der Waals surface area contributed by atoms with Gasteiger partial charge in [0.15, 0.2) is 0 Å². The zero-order valence-electron chi connectivity index (χ0n) is 22.6. The predicted octanol–water partition coefficient (Wildman–Crippen LogP) is 4.11. The number of H-pyrrole nitrogens is 1. The van der Waals surface area contributed by atoms with Crippen molar-refractivity contribution in [3.05, 3.63) is 24.5 Å². The number of methoxy groups -OCH3 is 1. The fraction of sp³-hybridized carbons (Fsp3) is 0.556. The number of carbonyl (C=O) groups is 2. The Kier molecular flexibility index (Phi) is 6.58. The van der Waals surface area contributed by atoms with Crippen molar-refractivity contribution in [1.82, 2.24) is 24.6 Å². The number of urea groups is 1. The molecule has 2 aliphatic rings. The predicted molar refractivity (Wildman–Crippen MR) is 142 cm³/mol. The summed E-state index contributed by atoms with van der Waals surface area (Å²) in [6.45, 7) is 8.37. The summed E-state index contributed by atoms with van der Waals surface area (Å²) in [5.41, 5.74) is 1.82. The van der Waals surface area contributed by atoms with E-state index in [-0.39, 0.29) is 24.0 Å². The van der Waals surface area contributed by atoms with E-state index in [0.717, 1.165) is 11.1 Å². The summed E-state index contributed by atoms with van der Waals surface area (Å²) in [5.74, 6) is 0.666. The van der Waals surface area contributed by atoms with E-state index in [9.17, 15) is 14.7 Å². The Bertz CT molecular complexity index is 1340. The molecule has 2 fully saturated rings. The molecule has 11 nitrogen and oxygen atoms in total. The molecule has 204 valence electrons. The van der Waals surface area contributed by atoms with Gasteiger partial charge in [0.25, 0.3) is 0 Å². The minimum Gasteiger partial charge on any atom is -0.494 e. The van der Waals surface area contributed by atoms with Crippen LogP contribution in [0, 0.1) is 5.92 Å². The van der Waals surface area contributed by atoms with Gasteiger partial charge >= 0.3 is 12.0 Å². The molecule has 0 atom stereocenters. The molecule has 0 unspecified atom stereocenters. The fourth-order valence-corrected chi connectivity index (χ4v) is 4.96. The van der Waals surface area contributed by atoms with E-state index in [1.807, 2.05) is 43.8 Å². The minimum atomic E-state index is -0.737. The third-order valence-electron chi connectivity index (χ3n) is 7.32. The Morgan fingerprint density at radius 1 is 1.21 bits per heavy atom. The molecular weight excluding hydrogens is 488 g/mol. The molecule has 1 saturated heterocycles. The van der Waals surface area contributed by atoms with Crippen LogP contribution in [0.15, 0.2) is 24.5 Å². The number of fused-ring (bicyclic) bond motifs is 1. The van der Waals surface area contributed by atoms with Crippen LogP contribution >= 0.6 is 0 Å².